The third-order valence-electron chi connectivity index (χ3n) is 2.74. The van der Waals surface area contributed by atoms with Crippen molar-refractivity contribution in [3.63, 3.8) is 0 Å². The van der Waals surface area contributed by atoms with Crippen molar-refractivity contribution < 1.29 is 18.7 Å². The number of rotatable bonds is 2. The van der Waals surface area contributed by atoms with Gasteiger partial charge in [-0.05, 0) is 26.0 Å². The Hall–Kier alpha value is -2.86. The van der Waals surface area contributed by atoms with Crippen LogP contribution >= 0.6 is 0 Å². The highest BCUT2D eigenvalue weighted by Gasteiger charge is 2.20. The average molecular weight is 375 g/mol. The van der Waals surface area contributed by atoms with Gasteiger partial charge in [-0.3, -0.25) is 23.9 Å². The first-order valence-electron chi connectivity index (χ1n) is 8.42. The first-order chi connectivity index (χ1) is 13.2. The largest absolute Gasteiger partial charge is 0.385 e. The van der Waals surface area contributed by atoms with Crippen LogP contribution in [-0.4, -0.2) is 49.1 Å². The van der Waals surface area contributed by atoms with Gasteiger partial charge >= 0.3 is 0 Å². The van der Waals surface area contributed by atoms with Crippen LogP contribution in [0.1, 0.15) is 13.8 Å². The van der Waals surface area contributed by atoms with E-state index in [0.717, 1.165) is 6.61 Å². The van der Waals surface area contributed by atoms with Crippen LogP contribution < -0.4 is 0 Å². The van der Waals surface area contributed by atoms with E-state index in [1.165, 1.54) is 17.1 Å². The van der Waals surface area contributed by atoms with Crippen LogP contribution in [0.2, 0.25) is 0 Å². The molecule has 5 nitrogen and oxygen atoms in total. The van der Waals surface area contributed by atoms with E-state index >= 15 is 0 Å². The molecular weight excluding hydrogens is 346 g/mol. The van der Waals surface area contributed by atoms with Crippen molar-refractivity contribution in [2.75, 3.05) is 27.4 Å². The number of carbonyl (C=O) groups excluding carboxylic acids is 2. The lowest BCUT2D eigenvalue weighted by Gasteiger charge is -2.08. The summed E-state index contributed by atoms with van der Waals surface area (Å²) in [6, 6.07) is 17.7. The minimum absolute atomic E-state index is 0.206. The van der Waals surface area contributed by atoms with Crippen LogP contribution in [-0.2, 0) is 14.3 Å². The molecule has 1 aliphatic rings. The summed E-state index contributed by atoms with van der Waals surface area (Å²) in [5.41, 5.74) is 0. The molecule has 0 atom stereocenters. The molecule has 6 heteroatoms. The smallest absolute Gasteiger partial charge is 0.253 e. The van der Waals surface area contributed by atoms with Crippen LogP contribution in [0.25, 0.3) is 0 Å². The Balaban J connectivity index is 0. The molecule has 148 valence electrons. The second-order valence-corrected chi connectivity index (χ2v) is 4.51. The predicted octanol–water partition coefficient (Wildman–Crippen LogP) is 3.94. The third-order valence-corrected chi connectivity index (χ3v) is 2.74. The van der Waals surface area contributed by atoms with Crippen molar-refractivity contribution in [2.24, 2.45) is 0 Å². The van der Waals surface area contributed by atoms with E-state index in [4.69, 9.17) is 0 Å². The zero-order valence-electron chi connectivity index (χ0n) is 16.4. The Kier molecular flexibility index (Phi) is 20.7. The molecule has 0 aliphatic carbocycles. The molecule has 0 saturated carbocycles. The van der Waals surface area contributed by atoms with Gasteiger partial charge in [0.15, 0.2) is 0 Å². The van der Waals surface area contributed by atoms with E-state index < -0.39 is 0 Å². The molecule has 2 amide bonds. The third kappa shape index (κ3) is 16.4. The van der Waals surface area contributed by atoms with Crippen molar-refractivity contribution >= 4 is 11.8 Å². The number of aromatic nitrogens is 1. The summed E-state index contributed by atoms with van der Waals surface area (Å²) in [6.45, 7) is 5.01. The van der Waals surface area contributed by atoms with Gasteiger partial charge in [0.05, 0.1) is 7.18 Å². The highest BCUT2D eigenvalue weighted by Crippen LogP contribution is 2.00. The Labute approximate surface area is 161 Å². The molecule has 27 heavy (non-hydrogen) atoms. The number of pyridine rings is 1. The molecule has 1 aromatic heterocycles. The molecule has 3 rings (SSSR count). The lowest BCUT2D eigenvalue weighted by Crippen LogP contribution is -2.29. The summed E-state index contributed by atoms with van der Waals surface area (Å²) in [7, 11) is 2.18. The van der Waals surface area contributed by atoms with Crippen molar-refractivity contribution in [2.45, 2.75) is 13.8 Å². The van der Waals surface area contributed by atoms with Gasteiger partial charge in [-0.2, -0.15) is 0 Å². The molecule has 2 heterocycles. The van der Waals surface area contributed by atoms with E-state index in [9.17, 15) is 14.0 Å². The molecule has 0 saturated heterocycles. The van der Waals surface area contributed by atoms with Gasteiger partial charge in [0.1, 0.15) is 0 Å². The minimum Gasteiger partial charge on any atom is -0.385 e. The van der Waals surface area contributed by atoms with Crippen molar-refractivity contribution in [1.82, 2.24) is 9.88 Å². The van der Waals surface area contributed by atoms with E-state index in [1.807, 2.05) is 61.5 Å². The van der Waals surface area contributed by atoms with Gasteiger partial charge in [-0.25, -0.2) is 0 Å². The maximum Gasteiger partial charge on any atom is 0.253 e. The number of carbonyl (C=O) groups is 2. The molecule has 0 fully saturated rings. The number of halogens is 1. The van der Waals surface area contributed by atoms with Gasteiger partial charge in [-0.15, -0.1) is 0 Å². The summed E-state index contributed by atoms with van der Waals surface area (Å²) in [4.78, 5) is 26.2. The number of amides is 2. The zero-order chi connectivity index (χ0) is 20.8. The van der Waals surface area contributed by atoms with E-state index in [1.54, 1.807) is 26.4 Å². The summed E-state index contributed by atoms with van der Waals surface area (Å²) in [5, 5.41) is 0. The lowest BCUT2D eigenvalue weighted by atomic mass is 10.4. The second-order valence-electron chi connectivity index (χ2n) is 4.51. The SMILES string of the molecule is CCN1C(=O)C=CC1=O.CCOC.C[18F].c1ccccc1.c1ccncc1. The van der Waals surface area contributed by atoms with Gasteiger partial charge < -0.3 is 4.74 Å². The van der Waals surface area contributed by atoms with Crippen LogP contribution in [0, 0.1) is 0 Å². The molecule has 2 aromatic rings. The number of hydrogen-bond donors (Lipinski definition) is 0. The summed E-state index contributed by atoms with van der Waals surface area (Å²) >= 11 is 0. The minimum atomic E-state index is -0.206. The first kappa shape index (κ1) is 26.4. The van der Waals surface area contributed by atoms with Crippen LogP contribution in [0.3, 0.4) is 0 Å². The Morgan fingerprint density at radius 3 is 1.30 bits per heavy atom. The number of likely N-dealkylation sites (N-methyl/N-ethyl adjacent to an activating group) is 1. The number of nitrogens with zero attached hydrogens (tertiary/aromatic N) is 2. The van der Waals surface area contributed by atoms with Crippen molar-refractivity contribution in [3.8, 4) is 0 Å². The van der Waals surface area contributed by atoms with Gasteiger partial charge in [0.25, 0.3) is 11.8 Å². The van der Waals surface area contributed by atoms with Crippen LogP contribution in [0.4, 0.5) is 4.39 Å². The number of imide groups is 1. The van der Waals surface area contributed by atoms with E-state index in [-0.39, 0.29) is 11.8 Å². The standard InChI is InChI=1S/C6H7NO2.C6H6.C5H5N.C3H8O.CH3F/c1-2-7-5(8)3-4-6(7)9;2*1-2-4-6-5-3-1;1-3-4-2;1-2/h3-4H,2H2,1H3;1-6H;1-5H;3H2,1-2H3;1H3/i;;;;2-1. The average Bonchev–Trinajstić information content (AvgIpc) is 3.10. The van der Waals surface area contributed by atoms with Crippen molar-refractivity contribution in [1.29, 1.82) is 0 Å². The molecule has 0 spiro atoms. The maximum atomic E-state index is 10.6. The Bertz CT molecular complexity index is 488. The number of benzene rings is 1. The van der Waals surface area contributed by atoms with Gasteiger partial charge in [-0.1, -0.05) is 42.5 Å². The van der Waals surface area contributed by atoms with Crippen LogP contribution in [0.15, 0.2) is 79.1 Å². The Morgan fingerprint density at radius 1 is 0.815 bits per heavy atom. The highest BCUT2D eigenvalue weighted by atomic mass is 18.2. The topological polar surface area (TPSA) is 59.5 Å². The number of alkyl halides is 1. The fraction of sp³-hybridized carbons (Fsp3) is 0.286. The van der Waals surface area contributed by atoms with Crippen LogP contribution in [0.5, 0.6) is 0 Å². The molecular formula is C21H29FN2O3. The number of ether oxygens (including phenoxy) is 1. The summed E-state index contributed by atoms with van der Waals surface area (Å²) in [6.07, 6.45) is 6.07. The van der Waals surface area contributed by atoms with Crippen molar-refractivity contribution in [3.05, 3.63) is 79.1 Å². The quantitative estimate of drug-likeness (QED) is 0.746. The molecule has 0 unspecified atom stereocenters. The van der Waals surface area contributed by atoms with E-state index in [2.05, 4.69) is 9.72 Å². The monoisotopic (exact) mass is 375 g/mol. The summed E-state index contributed by atoms with van der Waals surface area (Å²) in [5.74, 6) is -0.412. The highest BCUT2D eigenvalue weighted by molar-refractivity contribution is 6.12. The Morgan fingerprint density at radius 2 is 1.15 bits per heavy atom. The molecule has 0 N–H and O–H groups in total. The number of methoxy groups -OCH3 is 1. The maximum absolute atomic E-state index is 10.6. The van der Waals surface area contributed by atoms with E-state index in [0.29, 0.717) is 13.7 Å². The van der Waals surface area contributed by atoms with Gasteiger partial charge in [0, 0.05) is 44.8 Å². The number of hydrogen-bond acceptors (Lipinski definition) is 4. The first-order valence-corrected chi connectivity index (χ1v) is 8.42. The second kappa shape index (κ2) is 21.2. The predicted molar refractivity (Wildman–Crippen MR) is 107 cm³/mol. The molecule has 0 bridgehead atoms. The fourth-order valence-electron chi connectivity index (χ4n) is 1.44. The summed E-state index contributed by atoms with van der Waals surface area (Å²) < 4.78 is 14.0. The fourth-order valence-corrected chi connectivity index (χ4v) is 1.44. The molecule has 0 radical (unpaired) electrons. The molecule has 1 aromatic carbocycles. The normalized spacial score (nSPS) is 10.8. The lowest BCUT2D eigenvalue weighted by molar-refractivity contribution is -0.136. The zero-order valence-corrected chi connectivity index (χ0v) is 16.4. The molecule has 1 aliphatic heterocycles. The van der Waals surface area contributed by atoms with Gasteiger partial charge in [0.2, 0.25) is 0 Å².